The molecule has 0 saturated heterocycles. The van der Waals surface area contributed by atoms with Crippen molar-refractivity contribution < 1.29 is 4.39 Å². The number of anilines is 1. The van der Waals surface area contributed by atoms with E-state index in [1.807, 2.05) is 30.3 Å². The maximum Gasteiger partial charge on any atom is 0.162 e. The first kappa shape index (κ1) is 11.2. The van der Waals surface area contributed by atoms with E-state index in [-0.39, 0.29) is 15.7 Å². The van der Waals surface area contributed by atoms with Gasteiger partial charge in [0.2, 0.25) is 0 Å². The lowest BCUT2D eigenvalue weighted by atomic mass is 10.0. The Labute approximate surface area is 103 Å². The predicted molar refractivity (Wildman–Crippen MR) is 66.3 cm³/mol. The molecule has 0 aliphatic rings. The Balaban J connectivity index is 2.68. The molecule has 2 aromatic carbocycles. The van der Waals surface area contributed by atoms with Gasteiger partial charge in [0.1, 0.15) is 5.02 Å². The molecule has 0 saturated carbocycles. The molecule has 0 amide bonds. The molecule has 4 heteroatoms. The molecule has 2 aromatic rings. The Hall–Kier alpha value is -1.25. The van der Waals surface area contributed by atoms with E-state index in [0.29, 0.717) is 5.56 Å². The second-order valence-electron chi connectivity index (χ2n) is 3.31. The van der Waals surface area contributed by atoms with E-state index in [0.717, 1.165) is 5.56 Å². The van der Waals surface area contributed by atoms with Crippen molar-refractivity contribution in [2.75, 3.05) is 5.73 Å². The number of rotatable bonds is 1. The maximum absolute atomic E-state index is 13.3. The van der Waals surface area contributed by atoms with Crippen molar-refractivity contribution in [2.24, 2.45) is 0 Å². The molecule has 0 aliphatic heterocycles. The first-order valence-electron chi connectivity index (χ1n) is 4.59. The average molecular weight is 256 g/mol. The van der Waals surface area contributed by atoms with Gasteiger partial charge in [-0.3, -0.25) is 0 Å². The highest BCUT2D eigenvalue weighted by molar-refractivity contribution is 6.37. The van der Waals surface area contributed by atoms with E-state index in [4.69, 9.17) is 28.9 Å². The van der Waals surface area contributed by atoms with Crippen LogP contribution in [0.15, 0.2) is 36.4 Å². The highest BCUT2D eigenvalue weighted by Gasteiger charge is 2.14. The van der Waals surface area contributed by atoms with Gasteiger partial charge in [-0.1, -0.05) is 53.5 Å². The van der Waals surface area contributed by atoms with Crippen LogP contribution in [0.5, 0.6) is 0 Å². The summed E-state index contributed by atoms with van der Waals surface area (Å²) in [5.74, 6) is -0.680. The smallest absolute Gasteiger partial charge is 0.162 e. The molecule has 82 valence electrons. The number of hydrogen-bond donors (Lipinski definition) is 1. The fraction of sp³-hybridized carbons (Fsp3) is 0. The van der Waals surface area contributed by atoms with E-state index < -0.39 is 5.82 Å². The summed E-state index contributed by atoms with van der Waals surface area (Å²) in [6.07, 6.45) is 0. The monoisotopic (exact) mass is 255 g/mol. The van der Waals surface area contributed by atoms with Gasteiger partial charge in [-0.2, -0.15) is 0 Å². The third kappa shape index (κ3) is 1.86. The molecule has 0 unspecified atom stereocenters. The molecule has 16 heavy (non-hydrogen) atoms. The molecule has 0 atom stereocenters. The minimum absolute atomic E-state index is 0.0296. The van der Waals surface area contributed by atoms with Crippen LogP contribution >= 0.6 is 23.2 Å². The van der Waals surface area contributed by atoms with Crippen molar-refractivity contribution in [1.82, 2.24) is 0 Å². The summed E-state index contributed by atoms with van der Waals surface area (Å²) >= 11 is 11.5. The number of hydrogen-bond acceptors (Lipinski definition) is 1. The fourth-order valence-corrected chi connectivity index (χ4v) is 1.92. The van der Waals surface area contributed by atoms with Crippen molar-refractivity contribution in [2.45, 2.75) is 0 Å². The van der Waals surface area contributed by atoms with E-state index >= 15 is 0 Å². The minimum Gasteiger partial charge on any atom is -0.397 e. The Morgan fingerprint density at radius 1 is 1.06 bits per heavy atom. The standard InChI is InChI=1S/C12H8Cl2FN/c13-9-6-8(7-4-2-1-3-5-7)12(16)10(14)11(9)15/h1-6H,16H2. The number of halogens is 3. The van der Waals surface area contributed by atoms with Crippen LogP contribution in [-0.4, -0.2) is 0 Å². The van der Waals surface area contributed by atoms with Crippen molar-refractivity contribution in [1.29, 1.82) is 0 Å². The summed E-state index contributed by atoms with van der Waals surface area (Å²) < 4.78 is 13.3. The predicted octanol–water partition coefficient (Wildman–Crippen LogP) is 4.38. The van der Waals surface area contributed by atoms with Crippen LogP contribution in [0.4, 0.5) is 10.1 Å². The zero-order valence-electron chi connectivity index (χ0n) is 8.18. The van der Waals surface area contributed by atoms with Crippen molar-refractivity contribution >= 4 is 28.9 Å². The van der Waals surface area contributed by atoms with Gasteiger partial charge in [-0.25, -0.2) is 4.39 Å². The highest BCUT2D eigenvalue weighted by atomic mass is 35.5. The van der Waals surface area contributed by atoms with Crippen molar-refractivity contribution in [3.05, 3.63) is 52.3 Å². The third-order valence-electron chi connectivity index (χ3n) is 2.28. The lowest BCUT2D eigenvalue weighted by Crippen LogP contribution is -1.94. The molecule has 0 fully saturated rings. The second kappa shape index (κ2) is 4.32. The Kier molecular flexibility index (Phi) is 3.03. The van der Waals surface area contributed by atoms with Gasteiger partial charge in [-0.05, 0) is 11.6 Å². The van der Waals surface area contributed by atoms with Gasteiger partial charge in [0, 0.05) is 5.56 Å². The zero-order valence-corrected chi connectivity index (χ0v) is 9.69. The van der Waals surface area contributed by atoms with Gasteiger partial charge in [0.05, 0.1) is 10.7 Å². The summed E-state index contributed by atoms with van der Waals surface area (Å²) in [5, 5.41) is -0.163. The fourth-order valence-electron chi connectivity index (χ4n) is 1.47. The SMILES string of the molecule is Nc1c(-c2ccccc2)cc(Cl)c(F)c1Cl. The molecule has 2 N–H and O–H groups in total. The maximum atomic E-state index is 13.3. The zero-order chi connectivity index (χ0) is 11.7. The van der Waals surface area contributed by atoms with Crippen LogP contribution in [0.2, 0.25) is 10.0 Å². The third-order valence-corrected chi connectivity index (χ3v) is 2.93. The van der Waals surface area contributed by atoms with Crippen LogP contribution in [0.25, 0.3) is 11.1 Å². The molecule has 0 radical (unpaired) electrons. The van der Waals surface area contributed by atoms with E-state index in [9.17, 15) is 4.39 Å². The number of nitrogen functional groups attached to an aromatic ring is 1. The van der Waals surface area contributed by atoms with E-state index in [1.165, 1.54) is 6.07 Å². The summed E-state index contributed by atoms with van der Waals surface area (Å²) in [7, 11) is 0. The summed E-state index contributed by atoms with van der Waals surface area (Å²) in [5.41, 5.74) is 7.44. The molecule has 2 rings (SSSR count). The molecule has 0 bridgehead atoms. The van der Waals surface area contributed by atoms with E-state index in [1.54, 1.807) is 0 Å². The van der Waals surface area contributed by atoms with Crippen LogP contribution < -0.4 is 5.73 Å². The largest absolute Gasteiger partial charge is 0.397 e. The minimum atomic E-state index is -0.680. The van der Waals surface area contributed by atoms with Crippen LogP contribution in [0.3, 0.4) is 0 Å². The molecule has 0 aromatic heterocycles. The Morgan fingerprint density at radius 3 is 2.31 bits per heavy atom. The van der Waals surface area contributed by atoms with Crippen molar-refractivity contribution in [3.63, 3.8) is 0 Å². The van der Waals surface area contributed by atoms with Crippen LogP contribution in [0.1, 0.15) is 0 Å². The summed E-state index contributed by atoms with van der Waals surface area (Å²) in [4.78, 5) is 0. The van der Waals surface area contributed by atoms with Crippen LogP contribution in [0, 0.1) is 5.82 Å². The molecule has 0 aliphatic carbocycles. The first-order valence-corrected chi connectivity index (χ1v) is 5.35. The normalized spacial score (nSPS) is 10.4. The van der Waals surface area contributed by atoms with Crippen LogP contribution in [-0.2, 0) is 0 Å². The molecular weight excluding hydrogens is 248 g/mol. The van der Waals surface area contributed by atoms with Gasteiger partial charge in [0.25, 0.3) is 0 Å². The summed E-state index contributed by atoms with van der Waals surface area (Å²) in [6.45, 7) is 0. The van der Waals surface area contributed by atoms with Gasteiger partial charge in [-0.15, -0.1) is 0 Å². The summed E-state index contributed by atoms with van der Waals surface area (Å²) in [6, 6.07) is 10.8. The second-order valence-corrected chi connectivity index (χ2v) is 4.10. The average Bonchev–Trinajstić information content (AvgIpc) is 2.32. The molecular formula is C12H8Cl2FN. The first-order chi connectivity index (χ1) is 7.61. The van der Waals surface area contributed by atoms with Gasteiger partial charge in [0.15, 0.2) is 5.82 Å². The van der Waals surface area contributed by atoms with Gasteiger partial charge >= 0.3 is 0 Å². The topological polar surface area (TPSA) is 26.0 Å². The molecule has 1 nitrogen and oxygen atoms in total. The van der Waals surface area contributed by atoms with Crippen molar-refractivity contribution in [3.8, 4) is 11.1 Å². The lowest BCUT2D eigenvalue weighted by Gasteiger charge is -2.09. The molecule has 0 spiro atoms. The highest BCUT2D eigenvalue weighted by Crippen LogP contribution is 2.37. The Bertz CT molecular complexity index is 526. The lowest BCUT2D eigenvalue weighted by molar-refractivity contribution is 0.629. The number of nitrogens with two attached hydrogens (primary N) is 1. The van der Waals surface area contributed by atoms with Gasteiger partial charge < -0.3 is 5.73 Å². The molecule has 0 heterocycles. The Morgan fingerprint density at radius 2 is 1.69 bits per heavy atom. The van der Waals surface area contributed by atoms with E-state index in [2.05, 4.69) is 0 Å². The quantitative estimate of drug-likeness (QED) is 0.594. The number of benzene rings is 2.